The van der Waals surface area contributed by atoms with Crippen LogP contribution in [0.3, 0.4) is 0 Å². The van der Waals surface area contributed by atoms with E-state index in [1.165, 1.54) is 12.1 Å². The number of hydrogen-bond donors (Lipinski definition) is 3. The summed E-state index contributed by atoms with van der Waals surface area (Å²) in [5, 5.41) is 19.0. The summed E-state index contributed by atoms with van der Waals surface area (Å²) in [4.78, 5) is 14.9. The van der Waals surface area contributed by atoms with Crippen molar-refractivity contribution < 1.29 is 23.4 Å². The van der Waals surface area contributed by atoms with Gasteiger partial charge >= 0.3 is 5.97 Å². The molecule has 0 atom stereocenters. The van der Waals surface area contributed by atoms with E-state index in [1.54, 1.807) is 0 Å². The van der Waals surface area contributed by atoms with Crippen LogP contribution in [0.25, 0.3) is 5.76 Å². The molecule has 1 aliphatic rings. The van der Waals surface area contributed by atoms with Gasteiger partial charge in [0.05, 0.1) is 0 Å². The maximum Gasteiger partial charge on any atom is 0.356 e. The molecule has 7 nitrogen and oxygen atoms in total. The Balaban J connectivity index is 2.10. The van der Waals surface area contributed by atoms with Gasteiger partial charge in [0.1, 0.15) is 10.6 Å². The van der Waals surface area contributed by atoms with Gasteiger partial charge in [-0.1, -0.05) is 30.3 Å². The van der Waals surface area contributed by atoms with Gasteiger partial charge in [0.2, 0.25) is 0 Å². The molecular formula is C15H12N2O5S. The highest BCUT2D eigenvalue weighted by Crippen LogP contribution is 2.28. The van der Waals surface area contributed by atoms with Crippen LogP contribution < -0.4 is 4.72 Å². The molecule has 0 saturated heterocycles. The van der Waals surface area contributed by atoms with Gasteiger partial charge in [0, 0.05) is 12.1 Å². The number of aliphatic hydroxyl groups excluding tert-OH is 1. The molecule has 8 heteroatoms. The Morgan fingerprint density at radius 1 is 1.13 bits per heavy atom. The van der Waals surface area contributed by atoms with Crippen molar-refractivity contribution in [3.8, 4) is 0 Å². The standard InChI is InChI=1S/C15H12N2O5S/c18-14-12-11(23(21,22)17-13(14)15(19)20)7-6-10(16-12)8-9-4-2-1-3-5-9/h1-7,17-18H,8H2,(H,19,20). The summed E-state index contributed by atoms with van der Waals surface area (Å²) in [7, 11) is -4.07. The van der Waals surface area contributed by atoms with E-state index in [0.29, 0.717) is 12.1 Å². The lowest BCUT2D eigenvalue weighted by atomic mass is 10.1. The lowest BCUT2D eigenvalue weighted by Crippen LogP contribution is -2.33. The average molecular weight is 332 g/mol. The van der Waals surface area contributed by atoms with Gasteiger partial charge in [-0.05, 0) is 17.7 Å². The summed E-state index contributed by atoms with van der Waals surface area (Å²) in [5.74, 6) is -2.27. The average Bonchev–Trinajstić information content (AvgIpc) is 2.51. The van der Waals surface area contributed by atoms with E-state index in [2.05, 4.69) is 4.98 Å². The van der Waals surface area contributed by atoms with E-state index in [-0.39, 0.29) is 10.6 Å². The minimum Gasteiger partial charge on any atom is -0.504 e. The van der Waals surface area contributed by atoms with Crippen molar-refractivity contribution in [3.63, 3.8) is 0 Å². The van der Waals surface area contributed by atoms with Crippen LogP contribution in [0.15, 0.2) is 53.1 Å². The minimum absolute atomic E-state index is 0.253. The zero-order valence-corrected chi connectivity index (χ0v) is 12.5. The Morgan fingerprint density at radius 3 is 2.48 bits per heavy atom. The maximum absolute atomic E-state index is 12.0. The topological polar surface area (TPSA) is 117 Å². The van der Waals surface area contributed by atoms with Gasteiger partial charge in [-0.25, -0.2) is 18.2 Å². The molecule has 0 spiro atoms. The second-order valence-corrected chi connectivity index (χ2v) is 6.60. The Labute approximate surface area is 132 Å². The van der Waals surface area contributed by atoms with E-state index < -0.39 is 27.4 Å². The summed E-state index contributed by atoms with van der Waals surface area (Å²) >= 11 is 0. The summed E-state index contributed by atoms with van der Waals surface area (Å²) in [6, 6.07) is 12.2. The molecule has 0 fully saturated rings. The third kappa shape index (κ3) is 2.76. The summed E-state index contributed by atoms with van der Waals surface area (Å²) < 4.78 is 25.9. The fourth-order valence-corrected chi connectivity index (χ4v) is 3.48. The molecule has 3 rings (SSSR count). The molecule has 1 aromatic heterocycles. The zero-order chi connectivity index (χ0) is 16.6. The fraction of sp³-hybridized carbons (Fsp3) is 0.0667. The minimum atomic E-state index is -4.07. The number of carbonyl (C=O) groups is 1. The van der Waals surface area contributed by atoms with Crippen LogP contribution in [0.5, 0.6) is 0 Å². The van der Waals surface area contributed by atoms with Crippen LogP contribution in [-0.4, -0.2) is 29.6 Å². The molecule has 0 radical (unpaired) electrons. The third-order valence-corrected chi connectivity index (χ3v) is 4.73. The smallest absolute Gasteiger partial charge is 0.356 e. The van der Waals surface area contributed by atoms with E-state index in [9.17, 15) is 18.3 Å². The molecule has 2 heterocycles. The second-order valence-electron chi connectivity index (χ2n) is 4.95. The number of nitrogens with one attached hydrogen (secondary N) is 1. The first kappa shape index (κ1) is 15.0. The molecule has 2 aromatic rings. The molecule has 1 aliphatic heterocycles. The quantitative estimate of drug-likeness (QED) is 0.779. The fourth-order valence-electron chi connectivity index (χ4n) is 2.28. The molecule has 3 N–H and O–H groups in total. The van der Waals surface area contributed by atoms with Crippen LogP contribution >= 0.6 is 0 Å². The van der Waals surface area contributed by atoms with Crippen molar-refractivity contribution in [3.05, 3.63) is 65.1 Å². The van der Waals surface area contributed by atoms with Gasteiger partial charge in [-0.2, -0.15) is 0 Å². The van der Waals surface area contributed by atoms with Crippen molar-refractivity contribution in [2.75, 3.05) is 0 Å². The van der Waals surface area contributed by atoms with E-state index in [1.807, 2.05) is 35.1 Å². The predicted octanol–water partition coefficient (Wildman–Crippen LogP) is 1.28. The molecule has 0 saturated carbocycles. The van der Waals surface area contributed by atoms with Gasteiger partial charge in [0.25, 0.3) is 10.0 Å². The number of rotatable bonds is 3. The molecule has 0 aliphatic carbocycles. The first-order valence-corrected chi connectivity index (χ1v) is 8.10. The lowest BCUT2D eigenvalue weighted by Gasteiger charge is -2.19. The van der Waals surface area contributed by atoms with Crippen LogP contribution in [0.1, 0.15) is 17.0 Å². The SMILES string of the molecule is O=C(O)C1=C(O)c2nc(Cc3ccccc3)ccc2S(=O)(=O)N1. The number of sulfonamides is 1. The van der Waals surface area contributed by atoms with Crippen LogP contribution in [0.2, 0.25) is 0 Å². The molecule has 0 amide bonds. The van der Waals surface area contributed by atoms with Gasteiger partial charge in [-0.15, -0.1) is 0 Å². The summed E-state index contributed by atoms with van der Waals surface area (Å²) in [6.07, 6.45) is 0.428. The van der Waals surface area contributed by atoms with Crippen molar-refractivity contribution in [1.82, 2.24) is 9.71 Å². The van der Waals surface area contributed by atoms with E-state index in [4.69, 9.17) is 5.11 Å². The van der Waals surface area contributed by atoms with Crippen molar-refractivity contribution in [2.45, 2.75) is 11.3 Å². The molecule has 23 heavy (non-hydrogen) atoms. The Kier molecular flexibility index (Phi) is 3.53. The molecule has 118 valence electrons. The monoisotopic (exact) mass is 332 g/mol. The highest BCUT2D eigenvalue weighted by atomic mass is 32.2. The van der Waals surface area contributed by atoms with Gasteiger partial charge in [0.15, 0.2) is 11.5 Å². The molecule has 1 aromatic carbocycles. The van der Waals surface area contributed by atoms with Crippen LogP contribution in [0.4, 0.5) is 0 Å². The van der Waals surface area contributed by atoms with Gasteiger partial charge < -0.3 is 10.2 Å². The molecule has 0 unspecified atom stereocenters. The van der Waals surface area contributed by atoms with Crippen molar-refractivity contribution in [1.29, 1.82) is 0 Å². The number of hydrogen-bond acceptors (Lipinski definition) is 5. The Bertz CT molecular complexity index is 920. The number of pyridine rings is 1. The largest absolute Gasteiger partial charge is 0.504 e. The van der Waals surface area contributed by atoms with Crippen molar-refractivity contribution >= 4 is 21.8 Å². The first-order valence-electron chi connectivity index (χ1n) is 6.62. The van der Waals surface area contributed by atoms with Gasteiger partial charge in [-0.3, -0.25) is 4.72 Å². The Hall–Kier alpha value is -2.87. The highest BCUT2D eigenvalue weighted by molar-refractivity contribution is 7.89. The number of benzene rings is 1. The Morgan fingerprint density at radius 2 is 1.83 bits per heavy atom. The molecule has 0 bridgehead atoms. The predicted molar refractivity (Wildman–Crippen MR) is 81.0 cm³/mol. The normalized spacial score (nSPS) is 15.7. The van der Waals surface area contributed by atoms with Crippen molar-refractivity contribution in [2.24, 2.45) is 0 Å². The molecular weight excluding hydrogens is 320 g/mol. The lowest BCUT2D eigenvalue weighted by molar-refractivity contribution is -0.132. The summed E-state index contributed by atoms with van der Waals surface area (Å²) in [6.45, 7) is 0. The second kappa shape index (κ2) is 5.40. The van der Waals surface area contributed by atoms with E-state index >= 15 is 0 Å². The summed E-state index contributed by atoms with van der Waals surface area (Å²) in [5.41, 5.74) is 0.415. The zero-order valence-electron chi connectivity index (χ0n) is 11.7. The van der Waals surface area contributed by atoms with Crippen LogP contribution in [-0.2, 0) is 21.2 Å². The number of aromatic nitrogens is 1. The number of fused-ring (bicyclic) bond motifs is 1. The third-order valence-electron chi connectivity index (χ3n) is 3.34. The van der Waals surface area contributed by atoms with Crippen LogP contribution in [0, 0.1) is 0 Å². The first-order chi connectivity index (χ1) is 10.9. The number of aliphatic carboxylic acids is 1. The number of carboxylic acids is 1. The maximum atomic E-state index is 12.0. The number of nitrogens with zero attached hydrogens (tertiary/aromatic N) is 1. The van der Waals surface area contributed by atoms with E-state index in [0.717, 1.165) is 5.56 Å². The number of aliphatic hydroxyl groups is 1. The number of carboxylic acid groups (broad SMARTS) is 1. The highest BCUT2D eigenvalue weighted by Gasteiger charge is 2.34.